The summed E-state index contributed by atoms with van der Waals surface area (Å²) in [4.78, 5) is 5.26. The van der Waals surface area contributed by atoms with Crippen LogP contribution >= 0.6 is 11.6 Å². The summed E-state index contributed by atoms with van der Waals surface area (Å²) in [6, 6.07) is 9.43. The number of aryl methyl sites for hydroxylation is 1. The van der Waals surface area contributed by atoms with Gasteiger partial charge in [-0.05, 0) is 123 Å². The average molecular weight is 467 g/mol. The third-order valence-corrected chi connectivity index (χ3v) is 8.20. The summed E-state index contributed by atoms with van der Waals surface area (Å²) >= 11 is 6.95. The minimum atomic E-state index is 0.423. The molecule has 0 N–H and O–H groups in total. The smallest absolute Gasteiger partial charge is 0.0446 e. The second kappa shape index (κ2) is 11.4. The topological polar surface area (TPSA) is 6.48 Å². The number of halogens is 1. The zero-order valence-electron chi connectivity index (χ0n) is 21.4. The Morgan fingerprint density at radius 3 is 2.00 bits per heavy atom. The van der Waals surface area contributed by atoms with Crippen molar-refractivity contribution in [2.45, 2.75) is 91.6 Å². The van der Waals surface area contributed by atoms with Gasteiger partial charge in [0.15, 0.2) is 0 Å². The molecule has 2 aliphatic heterocycles. The van der Waals surface area contributed by atoms with E-state index in [4.69, 9.17) is 11.6 Å². The molecule has 0 saturated carbocycles. The predicted molar refractivity (Wildman–Crippen MR) is 143 cm³/mol. The number of hydrogen-bond acceptors (Lipinski definition) is 2. The fraction of sp³-hybridized carbons (Fsp3) is 0.600. The molecule has 2 aromatic rings. The Bertz CT molecular complexity index is 937. The van der Waals surface area contributed by atoms with Crippen LogP contribution in [0.2, 0.25) is 5.02 Å². The molecule has 2 aromatic carbocycles. The summed E-state index contributed by atoms with van der Waals surface area (Å²) in [6.07, 6.45) is 9.08. The van der Waals surface area contributed by atoms with Crippen molar-refractivity contribution in [3.05, 3.63) is 68.2 Å². The van der Waals surface area contributed by atoms with Crippen molar-refractivity contribution in [2.75, 3.05) is 26.2 Å². The zero-order chi connectivity index (χ0) is 23.4. The maximum Gasteiger partial charge on any atom is 0.0446 e. The van der Waals surface area contributed by atoms with Gasteiger partial charge in [0.05, 0.1) is 0 Å². The molecule has 0 atom stereocenters. The van der Waals surface area contributed by atoms with E-state index >= 15 is 0 Å². The molecule has 2 aliphatic rings. The maximum atomic E-state index is 6.95. The Morgan fingerprint density at radius 2 is 1.39 bits per heavy atom. The number of piperidine rings is 2. The van der Waals surface area contributed by atoms with E-state index in [0.717, 1.165) is 24.5 Å². The first kappa shape index (κ1) is 24.8. The molecule has 33 heavy (non-hydrogen) atoms. The number of nitrogens with zero attached hydrogens (tertiary/aromatic N) is 2. The van der Waals surface area contributed by atoms with Crippen molar-refractivity contribution in [3.63, 3.8) is 0 Å². The highest BCUT2D eigenvalue weighted by Crippen LogP contribution is 2.34. The summed E-state index contributed by atoms with van der Waals surface area (Å²) in [5.41, 5.74) is 10.0. The summed E-state index contributed by atoms with van der Waals surface area (Å²) in [6.45, 7) is 16.2. The van der Waals surface area contributed by atoms with Crippen molar-refractivity contribution >= 4 is 11.6 Å². The predicted octanol–water partition coefficient (Wildman–Crippen LogP) is 7.64. The molecule has 2 fully saturated rings. The average Bonchev–Trinajstić information content (AvgIpc) is 2.79. The van der Waals surface area contributed by atoms with E-state index in [1.807, 2.05) is 0 Å². The van der Waals surface area contributed by atoms with E-state index in [2.05, 4.69) is 61.8 Å². The molecule has 180 valence electrons. The van der Waals surface area contributed by atoms with Gasteiger partial charge in [-0.25, -0.2) is 0 Å². The first-order valence-corrected chi connectivity index (χ1v) is 13.6. The number of rotatable bonds is 7. The van der Waals surface area contributed by atoms with E-state index in [0.29, 0.717) is 5.92 Å². The zero-order valence-corrected chi connectivity index (χ0v) is 22.1. The highest BCUT2D eigenvalue weighted by Gasteiger charge is 2.20. The first-order chi connectivity index (χ1) is 15.9. The monoisotopic (exact) mass is 466 g/mol. The molecular weight excluding hydrogens is 424 g/mol. The van der Waals surface area contributed by atoms with Crippen molar-refractivity contribution in [2.24, 2.45) is 0 Å². The van der Waals surface area contributed by atoms with Gasteiger partial charge >= 0.3 is 0 Å². The Labute approximate surface area is 207 Å². The lowest BCUT2D eigenvalue weighted by Crippen LogP contribution is -2.29. The van der Waals surface area contributed by atoms with Gasteiger partial charge in [0, 0.05) is 18.1 Å². The van der Waals surface area contributed by atoms with Crippen LogP contribution in [0.5, 0.6) is 0 Å². The standard InChI is InChI=1S/C30H43ClN2/c1-22(2)30-27(17-25(18-29(30)31)20-32-13-7-5-8-14-32)19-28-24(4)23(3)11-12-26(28)21-33-15-9-6-10-16-33/h11-12,17-18,22H,5-10,13-16,19-21H2,1-4H3. The van der Waals surface area contributed by atoms with Crippen LogP contribution in [0.4, 0.5) is 0 Å². The molecule has 0 aliphatic carbocycles. The lowest BCUT2D eigenvalue weighted by Gasteiger charge is -2.29. The molecule has 0 aromatic heterocycles. The Balaban J connectivity index is 1.67. The fourth-order valence-electron chi connectivity index (χ4n) is 5.87. The molecule has 4 rings (SSSR count). The van der Waals surface area contributed by atoms with Crippen LogP contribution in [0.25, 0.3) is 0 Å². The van der Waals surface area contributed by atoms with Crippen LogP contribution in [0, 0.1) is 13.8 Å². The van der Waals surface area contributed by atoms with Gasteiger partial charge in [-0.3, -0.25) is 9.80 Å². The molecule has 0 spiro atoms. The highest BCUT2D eigenvalue weighted by atomic mass is 35.5. The molecule has 0 radical (unpaired) electrons. The Kier molecular flexibility index (Phi) is 8.54. The molecule has 0 amide bonds. The van der Waals surface area contributed by atoms with E-state index < -0.39 is 0 Å². The fourth-order valence-corrected chi connectivity index (χ4v) is 6.35. The lowest BCUT2D eigenvalue weighted by molar-refractivity contribution is 0.220. The summed E-state index contributed by atoms with van der Waals surface area (Å²) in [5.74, 6) is 0.423. The van der Waals surface area contributed by atoms with Crippen LogP contribution in [0.15, 0.2) is 24.3 Å². The third-order valence-electron chi connectivity index (χ3n) is 7.88. The molecule has 0 unspecified atom stereocenters. The second-order valence-electron chi connectivity index (χ2n) is 10.8. The minimum absolute atomic E-state index is 0.423. The largest absolute Gasteiger partial charge is 0.299 e. The van der Waals surface area contributed by atoms with Gasteiger partial charge < -0.3 is 0 Å². The van der Waals surface area contributed by atoms with Gasteiger partial charge in [-0.15, -0.1) is 0 Å². The van der Waals surface area contributed by atoms with E-state index in [1.54, 1.807) is 0 Å². The van der Waals surface area contributed by atoms with Gasteiger partial charge in [0.1, 0.15) is 0 Å². The SMILES string of the molecule is Cc1ccc(CN2CCCCC2)c(Cc2cc(CN3CCCCC3)cc(Cl)c2C(C)C)c1C. The van der Waals surface area contributed by atoms with Crippen LogP contribution in [-0.4, -0.2) is 36.0 Å². The second-order valence-corrected chi connectivity index (χ2v) is 11.2. The normalized spacial score (nSPS) is 18.2. The summed E-state index contributed by atoms with van der Waals surface area (Å²) in [7, 11) is 0. The van der Waals surface area contributed by atoms with Crippen molar-refractivity contribution < 1.29 is 0 Å². The molecule has 2 heterocycles. The molecular formula is C30H43ClN2. The number of likely N-dealkylation sites (tertiary alicyclic amines) is 2. The molecule has 2 nitrogen and oxygen atoms in total. The Hall–Kier alpha value is -1.35. The summed E-state index contributed by atoms with van der Waals surface area (Å²) < 4.78 is 0. The first-order valence-electron chi connectivity index (χ1n) is 13.3. The van der Waals surface area contributed by atoms with Gasteiger partial charge in [0.2, 0.25) is 0 Å². The minimum Gasteiger partial charge on any atom is -0.299 e. The van der Waals surface area contributed by atoms with Crippen molar-refractivity contribution in [1.29, 1.82) is 0 Å². The van der Waals surface area contributed by atoms with Gasteiger partial charge in [-0.1, -0.05) is 56.5 Å². The van der Waals surface area contributed by atoms with Crippen LogP contribution in [0.3, 0.4) is 0 Å². The van der Waals surface area contributed by atoms with Crippen LogP contribution in [-0.2, 0) is 19.5 Å². The van der Waals surface area contributed by atoms with E-state index in [-0.39, 0.29) is 0 Å². The molecule has 0 bridgehead atoms. The van der Waals surface area contributed by atoms with Crippen molar-refractivity contribution in [3.8, 4) is 0 Å². The number of hydrogen-bond donors (Lipinski definition) is 0. The van der Waals surface area contributed by atoms with Gasteiger partial charge in [0.25, 0.3) is 0 Å². The molecule has 2 saturated heterocycles. The molecule has 3 heteroatoms. The number of benzene rings is 2. The highest BCUT2D eigenvalue weighted by molar-refractivity contribution is 6.31. The van der Waals surface area contributed by atoms with Crippen molar-refractivity contribution in [1.82, 2.24) is 9.80 Å². The van der Waals surface area contributed by atoms with E-state index in [9.17, 15) is 0 Å². The quantitative estimate of drug-likeness (QED) is 0.413. The third kappa shape index (κ3) is 6.21. The lowest BCUT2D eigenvalue weighted by atomic mass is 9.87. The van der Waals surface area contributed by atoms with Crippen LogP contribution < -0.4 is 0 Å². The van der Waals surface area contributed by atoms with Crippen LogP contribution in [0.1, 0.15) is 97.2 Å². The summed E-state index contributed by atoms with van der Waals surface area (Å²) in [5, 5.41) is 0.956. The van der Waals surface area contributed by atoms with Gasteiger partial charge in [-0.2, -0.15) is 0 Å². The van der Waals surface area contributed by atoms with E-state index in [1.165, 1.54) is 104 Å². The maximum absolute atomic E-state index is 6.95. The Morgan fingerprint density at radius 1 is 0.788 bits per heavy atom.